The van der Waals surface area contributed by atoms with Gasteiger partial charge in [-0.2, -0.15) is 10.5 Å². The zero-order chi connectivity index (χ0) is 12.1. The summed E-state index contributed by atoms with van der Waals surface area (Å²) < 4.78 is 4.93. The van der Waals surface area contributed by atoms with Crippen LogP contribution in [0.5, 0.6) is 5.75 Å². The van der Waals surface area contributed by atoms with E-state index in [0.29, 0.717) is 0 Å². The van der Waals surface area contributed by atoms with Crippen molar-refractivity contribution in [1.29, 1.82) is 10.5 Å². The maximum absolute atomic E-state index is 10.7. The Labute approximate surface area is 91.4 Å². The minimum Gasteiger partial charge on any atom is -0.495 e. The van der Waals surface area contributed by atoms with Crippen LogP contribution in [0, 0.1) is 32.8 Å². The fraction of sp³-hybridized carbons (Fsp3) is 0.200. The molecule has 0 fully saturated rings. The molecule has 16 heavy (non-hydrogen) atoms. The average molecular weight is 217 g/mol. The summed E-state index contributed by atoms with van der Waals surface area (Å²) in [6, 6.07) is 6.17. The molecule has 0 N–H and O–H groups in total. The van der Waals surface area contributed by atoms with E-state index in [1.54, 1.807) is 0 Å². The van der Waals surface area contributed by atoms with Crippen molar-refractivity contribution in [2.45, 2.75) is 6.42 Å². The molecule has 0 bridgehead atoms. The normalized spacial score (nSPS) is 8.94. The van der Waals surface area contributed by atoms with Crippen LogP contribution in [0.2, 0.25) is 0 Å². The number of benzene rings is 1. The number of rotatable bonds is 3. The monoisotopic (exact) mass is 217 g/mol. The summed E-state index contributed by atoms with van der Waals surface area (Å²) in [5.41, 5.74) is 0.102. The molecule has 0 saturated heterocycles. The molecule has 0 saturated carbocycles. The second kappa shape index (κ2) is 4.76. The zero-order valence-corrected chi connectivity index (χ0v) is 8.43. The number of nitro groups is 1. The molecule has 6 heteroatoms. The van der Waals surface area contributed by atoms with Crippen LogP contribution < -0.4 is 4.74 Å². The third-order valence-electron chi connectivity index (χ3n) is 2.01. The van der Waals surface area contributed by atoms with E-state index in [0.717, 1.165) is 0 Å². The van der Waals surface area contributed by atoms with E-state index in [1.807, 2.05) is 12.1 Å². The van der Waals surface area contributed by atoms with Gasteiger partial charge in [0.05, 0.1) is 35.7 Å². The van der Waals surface area contributed by atoms with Gasteiger partial charge in [0.25, 0.3) is 5.69 Å². The van der Waals surface area contributed by atoms with Crippen LogP contribution in [0.4, 0.5) is 5.69 Å². The van der Waals surface area contributed by atoms with Crippen LogP contribution in [-0.2, 0) is 6.42 Å². The van der Waals surface area contributed by atoms with Crippen LogP contribution in [0.3, 0.4) is 0 Å². The first kappa shape index (κ1) is 11.5. The first-order valence-electron chi connectivity index (χ1n) is 4.27. The van der Waals surface area contributed by atoms with E-state index in [4.69, 9.17) is 15.3 Å². The molecule has 0 heterocycles. The van der Waals surface area contributed by atoms with Crippen molar-refractivity contribution < 1.29 is 9.66 Å². The standard InChI is InChI=1S/C10H7N3O3/c1-16-10-7(6-12)2-3-9(13(14)15)8(10)4-5-11/h2-3H,4H2,1H3. The molecule has 0 aliphatic rings. The SMILES string of the molecule is COc1c(C#N)ccc([N+](=O)[O-])c1CC#N. The van der Waals surface area contributed by atoms with Crippen LogP contribution in [0.1, 0.15) is 11.1 Å². The molecule has 0 radical (unpaired) electrons. The molecular formula is C10H7N3O3. The van der Waals surface area contributed by atoms with Crippen molar-refractivity contribution in [2.24, 2.45) is 0 Å². The fourth-order valence-corrected chi connectivity index (χ4v) is 1.36. The summed E-state index contributed by atoms with van der Waals surface area (Å²) in [5, 5.41) is 28.1. The molecule has 6 nitrogen and oxygen atoms in total. The second-order valence-corrected chi connectivity index (χ2v) is 2.85. The predicted octanol–water partition coefficient (Wildman–Crippen LogP) is 1.54. The summed E-state index contributed by atoms with van der Waals surface area (Å²) >= 11 is 0. The van der Waals surface area contributed by atoms with Gasteiger partial charge in [0.15, 0.2) is 0 Å². The van der Waals surface area contributed by atoms with Crippen molar-refractivity contribution in [3.63, 3.8) is 0 Å². The van der Waals surface area contributed by atoms with Gasteiger partial charge in [0, 0.05) is 6.07 Å². The van der Waals surface area contributed by atoms with Gasteiger partial charge in [-0.1, -0.05) is 0 Å². The lowest BCUT2D eigenvalue weighted by Crippen LogP contribution is -2.00. The average Bonchev–Trinajstić information content (AvgIpc) is 2.28. The van der Waals surface area contributed by atoms with E-state index in [9.17, 15) is 10.1 Å². The summed E-state index contributed by atoms with van der Waals surface area (Å²) in [4.78, 5) is 10.1. The Hall–Kier alpha value is -2.60. The molecule has 0 unspecified atom stereocenters. The largest absolute Gasteiger partial charge is 0.495 e. The van der Waals surface area contributed by atoms with Gasteiger partial charge < -0.3 is 4.74 Å². The summed E-state index contributed by atoms with van der Waals surface area (Å²) in [7, 11) is 1.31. The van der Waals surface area contributed by atoms with Crippen molar-refractivity contribution in [3.05, 3.63) is 33.4 Å². The molecule has 1 aromatic rings. The number of hydrogen-bond acceptors (Lipinski definition) is 5. The maximum Gasteiger partial charge on any atom is 0.277 e. The number of nitrogens with zero attached hydrogens (tertiary/aromatic N) is 3. The third kappa shape index (κ3) is 1.91. The van der Waals surface area contributed by atoms with E-state index in [2.05, 4.69) is 0 Å². The van der Waals surface area contributed by atoms with E-state index in [1.165, 1.54) is 19.2 Å². The van der Waals surface area contributed by atoms with Crippen molar-refractivity contribution in [3.8, 4) is 17.9 Å². The molecule has 0 amide bonds. The van der Waals surface area contributed by atoms with Gasteiger partial charge in [-0.15, -0.1) is 0 Å². The van der Waals surface area contributed by atoms with Crippen LogP contribution in [0.15, 0.2) is 12.1 Å². The number of ether oxygens (including phenoxy) is 1. The second-order valence-electron chi connectivity index (χ2n) is 2.85. The Bertz CT molecular complexity index is 511. The molecule has 0 aliphatic heterocycles. The Morgan fingerprint density at radius 2 is 2.19 bits per heavy atom. The molecule has 0 aromatic heterocycles. The van der Waals surface area contributed by atoms with E-state index in [-0.39, 0.29) is 29.0 Å². The fourth-order valence-electron chi connectivity index (χ4n) is 1.36. The molecule has 80 valence electrons. The summed E-state index contributed by atoms with van der Waals surface area (Å²) in [5.74, 6) is 0.0956. The Morgan fingerprint density at radius 3 is 2.62 bits per heavy atom. The number of nitriles is 2. The van der Waals surface area contributed by atoms with Crippen LogP contribution in [0.25, 0.3) is 0 Å². The highest BCUT2D eigenvalue weighted by atomic mass is 16.6. The van der Waals surface area contributed by atoms with Crippen molar-refractivity contribution >= 4 is 5.69 Å². The van der Waals surface area contributed by atoms with Crippen LogP contribution >= 0.6 is 0 Å². The quantitative estimate of drug-likeness (QED) is 0.564. The van der Waals surface area contributed by atoms with Crippen LogP contribution in [-0.4, -0.2) is 12.0 Å². The van der Waals surface area contributed by atoms with Crippen molar-refractivity contribution in [2.75, 3.05) is 7.11 Å². The lowest BCUT2D eigenvalue weighted by molar-refractivity contribution is -0.385. The summed E-state index contributed by atoms with van der Waals surface area (Å²) in [6.07, 6.45) is -0.172. The molecule has 0 atom stereocenters. The topological polar surface area (TPSA) is 99.9 Å². The third-order valence-corrected chi connectivity index (χ3v) is 2.01. The van der Waals surface area contributed by atoms with E-state index < -0.39 is 4.92 Å². The zero-order valence-electron chi connectivity index (χ0n) is 8.43. The van der Waals surface area contributed by atoms with Gasteiger partial charge in [-0.25, -0.2) is 0 Å². The highest BCUT2D eigenvalue weighted by molar-refractivity contribution is 5.58. The van der Waals surface area contributed by atoms with Gasteiger partial charge in [-0.3, -0.25) is 10.1 Å². The molecule has 0 aliphatic carbocycles. The highest BCUT2D eigenvalue weighted by Crippen LogP contribution is 2.31. The Morgan fingerprint density at radius 1 is 1.50 bits per heavy atom. The number of hydrogen-bond donors (Lipinski definition) is 0. The predicted molar refractivity (Wildman–Crippen MR) is 53.7 cm³/mol. The first-order chi connectivity index (χ1) is 7.65. The van der Waals surface area contributed by atoms with Crippen molar-refractivity contribution in [1.82, 2.24) is 0 Å². The van der Waals surface area contributed by atoms with Gasteiger partial charge in [-0.05, 0) is 6.07 Å². The first-order valence-corrected chi connectivity index (χ1v) is 4.27. The number of nitro benzene ring substituents is 1. The lowest BCUT2D eigenvalue weighted by atomic mass is 10.0. The highest BCUT2D eigenvalue weighted by Gasteiger charge is 2.21. The number of methoxy groups -OCH3 is 1. The van der Waals surface area contributed by atoms with E-state index >= 15 is 0 Å². The van der Waals surface area contributed by atoms with Gasteiger partial charge in [0.1, 0.15) is 11.8 Å². The molecule has 1 aromatic carbocycles. The minimum absolute atomic E-state index is 0.0956. The smallest absolute Gasteiger partial charge is 0.277 e. The Balaban J connectivity index is 3.52. The molecule has 0 spiro atoms. The summed E-state index contributed by atoms with van der Waals surface area (Å²) in [6.45, 7) is 0. The molecule has 1 rings (SSSR count). The lowest BCUT2D eigenvalue weighted by Gasteiger charge is -2.07. The minimum atomic E-state index is -0.601. The molecular weight excluding hydrogens is 210 g/mol. The Kier molecular flexibility index (Phi) is 3.41. The van der Waals surface area contributed by atoms with Gasteiger partial charge in [0.2, 0.25) is 0 Å². The van der Waals surface area contributed by atoms with Gasteiger partial charge >= 0.3 is 0 Å². The maximum atomic E-state index is 10.7.